The second-order valence-corrected chi connectivity index (χ2v) is 7.83. The van der Waals surface area contributed by atoms with Gasteiger partial charge < -0.3 is 20.1 Å². The summed E-state index contributed by atoms with van der Waals surface area (Å²) < 4.78 is 5.47. The van der Waals surface area contributed by atoms with Gasteiger partial charge in [0.2, 0.25) is 0 Å². The van der Waals surface area contributed by atoms with Gasteiger partial charge in [-0.2, -0.15) is 0 Å². The van der Waals surface area contributed by atoms with E-state index >= 15 is 0 Å². The lowest BCUT2D eigenvalue weighted by molar-refractivity contribution is 0.0792. The Morgan fingerprint density at radius 2 is 1.89 bits per heavy atom. The molecule has 2 heterocycles. The van der Waals surface area contributed by atoms with Crippen LogP contribution in [0.25, 0.3) is 0 Å². The molecular formula is C21H35IN4O2. The quantitative estimate of drug-likeness (QED) is 0.355. The second kappa shape index (κ2) is 11.9. The van der Waals surface area contributed by atoms with E-state index in [0.717, 1.165) is 71.2 Å². The van der Waals surface area contributed by atoms with Gasteiger partial charge in [-0.25, -0.2) is 0 Å². The average molecular weight is 502 g/mol. The summed E-state index contributed by atoms with van der Waals surface area (Å²) in [5, 5.41) is 13.1. The highest BCUT2D eigenvalue weighted by Gasteiger charge is 2.19. The first-order valence-electron chi connectivity index (χ1n) is 10.1. The van der Waals surface area contributed by atoms with Crippen LogP contribution < -0.4 is 5.32 Å². The lowest BCUT2D eigenvalue weighted by Crippen LogP contribution is -2.41. The molecule has 0 radical (unpaired) electrons. The number of aliphatic hydroxyl groups is 1. The normalized spacial score (nSPS) is 21.4. The molecule has 1 aromatic carbocycles. The second-order valence-electron chi connectivity index (χ2n) is 7.83. The van der Waals surface area contributed by atoms with Crippen LogP contribution in [0.4, 0.5) is 0 Å². The molecule has 1 atom stereocenters. The highest BCUT2D eigenvalue weighted by atomic mass is 127. The molecule has 1 aromatic rings. The minimum atomic E-state index is -0.108. The summed E-state index contributed by atoms with van der Waals surface area (Å²) in [4.78, 5) is 9.02. The summed E-state index contributed by atoms with van der Waals surface area (Å²) in [5.74, 6) is 1.53. The Morgan fingerprint density at radius 1 is 1.21 bits per heavy atom. The van der Waals surface area contributed by atoms with Gasteiger partial charge in [-0.05, 0) is 30.4 Å². The van der Waals surface area contributed by atoms with Crippen LogP contribution in [0.1, 0.15) is 30.4 Å². The molecule has 0 bridgehead atoms. The number of nitrogens with one attached hydrogen (secondary N) is 1. The monoisotopic (exact) mass is 502 g/mol. The number of aliphatic hydroxyl groups excluding tert-OH is 1. The van der Waals surface area contributed by atoms with E-state index in [4.69, 9.17) is 4.74 Å². The Hall–Kier alpha value is -0.900. The van der Waals surface area contributed by atoms with Crippen molar-refractivity contribution in [2.75, 3.05) is 46.9 Å². The number of ether oxygens (including phenoxy) is 1. The van der Waals surface area contributed by atoms with E-state index in [2.05, 4.69) is 51.4 Å². The first kappa shape index (κ1) is 23.4. The van der Waals surface area contributed by atoms with Gasteiger partial charge in [0.1, 0.15) is 0 Å². The largest absolute Gasteiger partial charge is 0.393 e. The predicted octanol–water partition coefficient (Wildman–Crippen LogP) is 2.31. The molecule has 2 saturated heterocycles. The Kier molecular flexibility index (Phi) is 9.98. The summed E-state index contributed by atoms with van der Waals surface area (Å²) in [6.07, 6.45) is 2.81. The molecule has 2 fully saturated rings. The van der Waals surface area contributed by atoms with Gasteiger partial charge in [-0.3, -0.25) is 9.89 Å². The van der Waals surface area contributed by atoms with Gasteiger partial charge in [-0.1, -0.05) is 24.3 Å². The number of benzene rings is 1. The van der Waals surface area contributed by atoms with Crippen molar-refractivity contribution in [3.05, 3.63) is 35.4 Å². The maximum absolute atomic E-state index is 9.62. The van der Waals surface area contributed by atoms with E-state index in [-0.39, 0.29) is 30.1 Å². The Bertz CT molecular complexity index is 597. The topological polar surface area (TPSA) is 60.3 Å². The van der Waals surface area contributed by atoms with E-state index in [1.54, 1.807) is 0 Å². The zero-order valence-electron chi connectivity index (χ0n) is 17.1. The number of rotatable bonds is 6. The molecular weight excluding hydrogens is 467 g/mol. The lowest BCUT2D eigenvalue weighted by atomic mass is 10.1. The van der Waals surface area contributed by atoms with Crippen molar-refractivity contribution in [2.24, 2.45) is 10.9 Å². The molecule has 0 spiro atoms. The smallest absolute Gasteiger partial charge is 0.193 e. The average Bonchev–Trinajstić information content (AvgIpc) is 3.18. The van der Waals surface area contributed by atoms with Gasteiger partial charge >= 0.3 is 0 Å². The van der Waals surface area contributed by atoms with Crippen LogP contribution >= 0.6 is 24.0 Å². The molecule has 3 rings (SSSR count). The summed E-state index contributed by atoms with van der Waals surface area (Å²) in [7, 11) is 3.93. The number of piperidine rings is 1. The molecule has 28 heavy (non-hydrogen) atoms. The van der Waals surface area contributed by atoms with E-state index in [1.807, 2.05) is 7.05 Å². The van der Waals surface area contributed by atoms with Crippen molar-refractivity contribution in [3.8, 4) is 0 Å². The summed E-state index contributed by atoms with van der Waals surface area (Å²) in [6.45, 7) is 6.43. The number of hydrogen-bond donors (Lipinski definition) is 2. The Morgan fingerprint density at radius 3 is 2.50 bits per heavy atom. The highest BCUT2D eigenvalue weighted by molar-refractivity contribution is 14.0. The summed E-state index contributed by atoms with van der Waals surface area (Å²) >= 11 is 0. The van der Waals surface area contributed by atoms with Crippen LogP contribution in [0.15, 0.2) is 29.3 Å². The minimum Gasteiger partial charge on any atom is -0.393 e. The van der Waals surface area contributed by atoms with Crippen molar-refractivity contribution in [3.63, 3.8) is 0 Å². The number of guanidine groups is 1. The number of likely N-dealkylation sites (tertiary alicyclic amines) is 1. The molecule has 0 aromatic heterocycles. The van der Waals surface area contributed by atoms with Crippen LogP contribution in [0.5, 0.6) is 0 Å². The van der Waals surface area contributed by atoms with Gasteiger partial charge in [0.15, 0.2) is 5.96 Å². The summed E-state index contributed by atoms with van der Waals surface area (Å²) in [5.41, 5.74) is 2.59. The van der Waals surface area contributed by atoms with E-state index in [1.165, 1.54) is 11.1 Å². The molecule has 2 N–H and O–H groups in total. The lowest BCUT2D eigenvalue weighted by Gasteiger charge is -2.29. The molecule has 1 unspecified atom stereocenters. The number of halogens is 1. The van der Waals surface area contributed by atoms with Crippen molar-refractivity contribution < 1.29 is 9.84 Å². The molecule has 2 aliphatic heterocycles. The van der Waals surface area contributed by atoms with E-state index in [0.29, 0.717) is 5.92 Å². The first-order chi connectivity index (χ1) is 13.1. The number of hydrogen-bond acceptors (Lipinski definition) is 4. The standard InChI is InChI=1S/C21H34N4O2.HI/c1-22-21(24(2)14-19-9-12-27-16-19)23-13-17-3-5-18(6-4-17)15-25-10-7-20(26)8-11-25;/h3-6,19-20,26H,7-16H2,1-2H3,(H,22,23);1H. The fraction of sp³-hybridized carbons (Fsp3) is 0.667. The first-order valence-corrected chi connectivity index (χ1v) is 10.1. The molecule has 6 nitrogen and oxygen atoms in total. The molecule has 7 heteroatoms. The fourth-order valence-electron chi connectivity index (χ4n) is 3.87. The van der Waals surface area contributed by atoms with Gasteiger partial charge in [0, 0.05) is 59.3 Å². The predicted molar refractivity (Wildman–Crippen MR) is 124 cm³/mol. The third kappa shape index (κ3) is 7.17. The molecule has 0 saturated carbocycles. The van der Waals surface area contributed by atoms with Crippen molar-refractivity contribution in [1.29, 1.82) is 0 Å². The fourth-order valence-corrected chi connectivity index (χ4v) is 3.87. The number of nitrogens with zero attached hydrogens (tertiary/aromatic N) is 3. The SMILES string of the molecule is CN=C(NCc1ccc(CN2CCC(O)CC2)cc1)N(C)CC1CCOC1.I. The Balaban J connectivity index is 0.00000280. The summed E-state index contributed by atoms with van der Waals surface area (Å²) in [6, 6.07) is 8.81. The zero-order chi connectivity index (χ0) is 19.1. The number of aliphatic imine (C=N–C) groups is 1. The molecule has 158 valence electrons. The van der Waals surface area contributed by atoms with Crippen LogP contribution in [0, 0.1) is 5.92 Å². The molecule has 0 amide bonds. The van der Waals surface area contributed by atoms with Gasteiger partial charge in [0.25, 0.3) is 0 Å². The van der Waals surface area contributed by atoms with Crippen molar-refractivity contribution in [1.82, 2.24) is 15.1 Å². The third-order valence-electron chi connectivity index (χ3n) is 5.57. The molecule has 0 aliphatic carbocycles. The molecule has 2 aliphatic rings. The van der Waals surface area contributed by atoms with Crippen LogP contribution in [-0.4, -0.2) is 73.9 Å². The zero-order valence-corrected chi connectivity index (χ0v) is 19.5. The maximum atomic E-state index is 9.62. The van der Waals surface area contributed by atoms with E-state index < -0.39 is 0 Å². The Labute approximate surface area is 186 Å². The van der Waals surface area contributed by atoms with Gasteiger partial charge in [0.05, 0.1) is 12.7 Å². The van der Waals surface area contributed by atoms with Crippen LogP contribution in [-0.2, 0) is 17.8 Å². The van der Waals surface area contributed by atoms with Gasteiger partial charge in [-0.15, -0.1) is 24.0 Å². The third-order valence-corrected chi connectivity index (χ3v) is 5.57. The van der Waals surface area contributed by atoms with Crippen LogP contribution in [0.3, 0.4) is 0 Å². The highest BCUT2D eigenvalue weighted by Crippen LogP contribution is 2.15. The minimum absolute atomic E-state index is 0. The maximum Gasteiger partial charge on any atom is 0.193 e. The van der Waals surface area contributed by atoms with Crippen molar-refractivity contribution >= 4 is 29.9 Å². The van der Waals surface area contributed by atoms with Crippen LogP contribution in [0.2, 0.25) is 0 Å². The van der Waals surface area contributed by atoms with E-state index in [9.17, 15) is 5.11 Å². The van der Waals surface area contributed by atoms with Crippen molar-refractivity contribution in [2.45, 2.75) is 38.5 Å².